The Morgan fingerprint density at radius 2 is 1.79 bits per heavy atom. The van der Waals surface area contributed by atoms with Crippen molar-refractivity contribution < 1.29 is 9.53 Å². The number of carbonyl (C=O) groups is 1. The van der Waals surface area contributed by atoms with E-state index < -0.39 is 5.97 Å². The average Bonchev–Trinajstić information content (AvgIpc) is 2.75. The molecule has 1 aliphatic rings. The molecule has 2 aromatic rings. The molecule has 0 bridgehead atoms. The van der Waals surface area contributed by atoms with Gasteiger partial charge >= 0.3 is 5.97 Å². The number of nitrogens with zero attached hydrogens (tertiary/aromatic N) is 3. The Morgan fingerprint density at radius 1 is 1.11 bits per heavy atom. The Bertz CT molecular complexity index is 965. The normalized spacial score (nSPS) is 14.0. The van der Waals surface area contributed by atoms with Crippen molar-refractivity contribution in [2.75, 3.05) is 25.1 Å². The van der Waals surface area contributed by atoms with Crippen molar-refractivity contribution in [2.45, 2.75) is 25.8 Å². The molecule has 0 radical (unpaired) electrons. The lowest BCUT2D eigenvalue weighted by Gasteiger charge is -2.37. The van der Waals surface area contributed by atoms with E-state index in [2.05, 4.69) is 17.5 Å². The summed E-state index contributed by atoms with van der Waals surface area (Å²) < 4.78 is 4.92. The number of rotatable bonds is 4. The van der Waals surface area contributed by atoms with Crippen LogP contribution in [0.15, 0.2) is 36.4 Å². The van der Waals surface area contributed by atoms with Gasteiger partial charge in [0.1, 0.15) is 12.1 Å². The Hall–Kier alpha value is -3.35. The minimum absolute atomic E-state index is 0.107. The van der Waals surface area contributed by atoms with Gasteiger partial charge in [0, 0.05) is 6.04 Å². The highest BCUT2D eigenvalue weighted by Gasteiger charge is 2.28. The number of nitriles is 2. The number of hydrogen-bond donors (Lipinski definition) is 1. The lowest BCUT2D eigenvalue weighted by Crippen LogP contribution is -2.41. The first-order chi connectivity index (χ1) is 13.6. The summed E-state index contributed by atoms with van der Waals surface area (Å²) in [5.74, 6) is -0.443. The summed E-state index contributed by atoms with van der Waals surface area (Å²) in [7, 11) is 1.34. The fourth-order valence-electron chi connectivity index (χ4n) is 3.68. The molecule has 6 heteroatoms. The molecule has 1 heterocycles. The summed E-state index contributed by atoms with van der Waals surface area (Å²) in [6, 6.07) is 15.4. The van der Waals surface area contributed by atoms with Crippen LogP contribution in [0.2, 0.25) is 0 Å². The number of esters is 1. The monoisotopic (exact) mass is 374 g/mol. The molecule has 1 saturated heterocycles. The minimum Gasteiger partial charge on any atom is -0.465 e. The lowest BCUT2D eigenvalue weighted by atomic mass is 9.97. The number of nitrogens with one attached hydrogen (secondary N) is 1. The van der Waals surface area contributed by atoms with Crippen molar-refractivity contribution in [2.24, 2.45) is 0 Å². The number of methoxy groups -OCH3 is 1. The molecular formula is C22H22N4O2. The van der Waals surface area contributed by atoms with Crippen molar-refractivity contribution in [3.63, 3.8) is 0 Å². The predicted octanol–water partition coefficient (Wildman–Crippen LogP) is 3.42. The average molecular weight is 374 g/mol. The zero-order chi connectivity index (χ0) is 20.1. The van der Waals surface area contributed by atoms with Crippen molar-refractivity contribution in [1.29, 1.82) is 10.5 Å². The molecule has 3 rings (SSSR count). The molecule has 142 valence electrons. The minimum atomic E-state index is -0.443. The molecule has 0 amide bonds. The highest BCUT2D eigenvalue weighted by Crippen LogP contribution is 2.37. The number of benzene rings is 2. The zero-order valence-corrected chi connectivity index (χ0v) is 16.0. The topological polar surface area (TPSA) is 89.2 Å². The molecule has 0 aromatic heterocycles. The van der Waals surface area contributed by atoms with Gasteiger partial charge < -0.3 is 15.0 Å². The Labute approximate surface area is 165 Å². The number of piperidine rings is 1. The molecule has 2 aromatic carbocycles. The molecule has 1 N–H and O–H groups in total. The molecule has 0 spiro atoms. The van der Waals surface area contributed by atoms with Crippen LogP contribution in [0, 0.1) is 29.6 Å². The van der Waals surface area contributed by atoms with Gasteiger partial charge in [0.15, 0.2) is 0 Å². The molecule has 1 aliphatic heterocycles. The van der Waals surface area contributed by atoms with E-state index in [9.17, 15) is 15.3 Å². The molecule has 0 saturated carbocycles. The quantitative estimate of drug-likeness (QED) is 0.825. The van der Waals surface area contributed by atoms with Gasteiger partial charge in [-0.25, -0.2) is 4.79 Å². The maximum absolute atomic E-state index is 12.3. The highest BCUT2D eigenvalue weighted by atomic mass is 16.5. The smallest absolute Gasteiger partial charge is 0.338 e. The lowest BCUT2D eigenvalue weighted by molar-refractivity contribution is 0.0600. The second-order valence-electron chi connectivity index (χ2n) is 6.77. The SMILES string of the molecule is COC(=O)c1cc(N(c2ccccc2C#N)C2CCNCC2)c(C#N)cc1C. The van der Waals surface area contributed by atoms with Crippen LogP contribution in [0.25, 0.3) is 0 Å². The van der Waals surface area contributed by atoms with Crippen molar-refractivity contribution in [3.05, 3.63) is 58.7 Å². The first kappa shape index (κ1) is 19.4. The van der Waals surface area contributed by atoms with E-state index in [0.29, 0.717) is 27.9 Å². The van der Waals surface area contributed by atoms with E-state index in [4.69, 9.17) is 4.74 Å². The first-order valence-electron chi connectivity index (χ1n) is 9.22. The fraction of sp³-hybridized carbons (Fsp3) is 0.318. The maximum Gasteiger partial charge on any atom is 0.338 e. The summed E-state index contributed by atoms with van der Waals surface area (Å²) >= 11 is 0. The zero-order valence-electron chi connectivity index (χ0n) is 16.0. The molecule has 0 aliphatic carbocycles. The van der Waals surface area contributed by atoms with Gasteiger partial charge in [-0.15, -0.1) is 0 Å². The van der Waals surface area contributed by atoms with E-state index in [1.807, 2.05) is 23.1 Å². The van der Waals surface area contributed by atoms with Gasteiger partial charge in [0.25, 0.3) is 0 Å². The number of ether oxygens (including phenoxy) is 1. The van der Waals surface area contributed by atoms with Crippen LogP contribution in [0.3, 0.4) is 0 Å². The molecular weight excluding hydrogens is 352 g/mol. The summed E-state index contributed by atoms with van der Waals surface area (Å²) in [5.41, 5.74) is 3.48. The van der Waals surface area contributed by atoms with Crippen LogP contribution < -0.4 is 10.2 Å². The van der Waals surface area contributed by atoms with Gasteiger partial charge in [0.2, 0.25) is 0 Å². The third-order valence-electron chi connectivity index (χ3n) is 5.09. The van der Waals surface area contributed by atoms with E-state index in [-0.39, 0.29) is 6.04 Å². The van der Waals surface area contributed by atoms with Crippen LogP contribution in [0.5, 0.6) is 0 Å². The van der Waals surface area contributed by atoms with Crippen molar-refractivity contribution in [1.82, 2.24) is 5.32 Å². The van der Waals surface area contributed by atoms with Crippen molar-refractivity contribution in [3.8, 4) is 12.1 Å². The Balaban J connectivity index is 2.24. The van der Waals surface area contributed by atoms with Crippen LogP contribution in [0.4, 0.5) is 11.4 Å². The number of carbonyl (C=O) groups excluding carboxylic acids is 1. The molecule has 0 atom stereocenters. The Morgan fingerprint density at radius 3 is 2.43 bits per heavy atom. The van der Waals surface area contributed by atoms with Gasteiger partial charge in [0.05, 0.1) is 35.2 Å². The van der Waals surface area contributed by atoms with E-state index >= 15 is 0 Å². The number of aryl methyl sites for hydroxylation is 1. The van der Waals surface area contributed by atoms with Crippen LogP contribution >= 0.6 is 0 Å². The second kappa shape index (κ2) is 8.56. The molecule has 28 heavy (non-hydrogen) atoms. The van der Waals surface area contributed by atoms with Crippen LogP contribution in [-0.4, -0.2) is 32.2 Å². The summed E-state index contributed by atoms with van der Waals surface area (Å²) in [6.45, 7) is 3.50. The predicted molar refractivity (Wildman–Crippen MR) is 106 cm³/mol. The fourth-order valence-corrected chi connectivity index (χ4v) is 3.68. The summed E-state index contributed by atoms with van der Waals surface area (Å²) in [4.78, 5) is 14.3. The maximum atomic E-state index is 12.3. The summed E-state index contributed by atoms with van der Waals surface area (Å²) in [6.07, 6.45) is 1.73. The first-order valence-corrected chi connectivity index (χ1v) is 9.22. The van der Waals surface area contributed by atoms with Gasteiger partial charge in [-0.1, -0.05) is 12.1 Å². The van der Waals surface area contributed by atoms with Crippen LogP contribution in [0.1, 0.15) is 39.9 Å². The van der Waals surface area contributed by atoms with E-state index in [1.165, 1.54) is 7.11 Å². The summed E-state index contributed by atoms with van der Waals surface area (Å²) in [5, 5.41) is 22.8. The van der Waals surface area contributed by atoms with Gasteiger partial charge in [-0.2, -0.15) is 10.5 Å². The van der Waals surface area contributed by atoms with Crippen molar-refractivity contribution >= 4 is 17.3 Å². The van der Waals surface area contributed by atoms with E-state index in [0.717, 1.165) is 31.6 Å². The molecule has 0 unspecified atom stereocenters. The standard InChI is InChI=1S/C22H22N4O2/c1-15-11-17(14-24)21(12-19(15)22(27)28-2)26(18-7-9-25-10-8-18)20-6-4-3-5-16(20)13-23/h3-6,11-12,18,25H,7-10H2,1-2H3. The third-order valence-corrected chi connectivity index (χ3v) is 5.09. The highest BCUT2D eigenvalue weighted by molar-refractivity contribution is 5.93. The molecule has 6 nitrogen and oxygen atoms in total. The van der Waals surface area contributed by atoms with Gasteiger partial charge in [-0.3, -0.25) is 0 Å². The third kappa shape index (κ3) is 3.69. The number of anilines is 2. The van der Waals surface area contributed by atoms with Gasteiger partial charge in [-0.05, 0) is 62.7 Å². The number of para-hydroxylation sites is 1. The van der Waals surface area contributed by atoms with Crippen LogP contribution in [-0.2, 0) is 4.74 Å². The Kier molecular flexibility index (Phi) is 5.93. The number of hydrogen-bond acceptors (Lipinski definition) is 6. The van der Waals surface area contributed by atoms with E-state index in [1.54, 1.807) is 25.1 Å². The largest absolute Gasteiger partial charge is 0.465 e. The molecule has 1 fully saturated rings. The second-order valence-corrected chi connectivity index (χ2v) is 6.77.